The van der Waals surface area contributed by atoms with Gasteiger partial charge in [0.1, 0.15) is 12.4 Å². The SMILES string of the molecule is CC(C)N(c1cc(C(F)(F)F)ccc1OCc1ccc(/C=C/C(=O)O)cc1)S(=O)(=O)c1ccccc1. The first kappa shape index (κ1) is 26.8. The molecule has 0 heterocycles. The topological polar surface area (TPSA) is 83.9 Å². The molecule has 0 aliphatic rings. The van der Waals surface area contributed by atoms with Crippen LogP contribution in [0, 0.1) is 0 Å². The number of aliphatic carboxylic acids is 1. The quantitative estimate of drug-likeness (QED) is 0.351. The number of rotatable bonds is 9. The Morgan fingerprint density at radius 3 is 2.22 bits per heavy atom. The van der Waals surface area contributed by atoms with Gasteiger partial charge in [0, 0.05) is 12.1 Å². The Kier molecular flexibility index (Phi) is 8.09. The molecule has 0 saturated carbocycles. The summed E-state index contributed by atoms with van der Waals surface area (Å²) >= 11 is 0. The summed E-state index contributed by atoms with van der Waals surface area (Å²) in [6.07, 6.45) is -2.28. The highest BCUT2D eigenvalue weighted by molar-refractivity contribution is 7.92. The van der Waals surface area contributed by atoms with E-state index in [1.165, 1.54) is 30.3 Å². The summed E-state index contributed by atoms with van der Waals surface area (Å²) in [5, 5.41) is 8.73. The van der Waals surface area contributed by atoms with E-state index >= 15 is 0 Å². The highest BCUT2D eigenvalue weighted by atomic mass is 32.2. The van der Waals surface area contributed by atoms with E-state index in [1.54, 1.807) is 44.2 Å². The zero-order valence-corrected chi connectivity index (χ0v) is 20.3. The Morgan fingerprint density at radius 1 is 1.03 bits per heavy atom. The predicted octanol–water partition coefficient (Wildman–Crippen LogP) is 5.99. The minimum absolute atomic E-state index is 0.0361. The smallest absolute Gasteiger partial charge is 0.416 e. The van der Waals surface area contributed by atoms with Crippen LogP contribution >= 0.6 is 0 Å². The average Bonchev–Trinajstić information content (AvgIpc) is 2.82. The van der Waals surface area contributed by atoms with E-state index in [2.05, 4.69) is 0 Å². The van der Waals surface area contributed by atoms with Crippen molar-refractivity contribution in [2.45, 2.75) is 37.6 Å². The Hall–Kier alpha value is -3.79. The molecule has 0 unspecified atom stereocenters. The van der Waals surface area contributed by atoms with Crippen molar-refractivity contribution in [2.75, 3.05) is 4.31 Å². The number of carboxylic acid groups (broad SMARTS) is 1. The van der Waals surface area contributed by atoms with Gasteiger partial charge in [0.15, 0.2) is 0 Å². The number of carbonyl (C=O) groups is 1. The van der Waals surface area contributed by atoms with Crippen molar-refractivity contribution in [1.29, 1.82) is 0 Å². The van der Waals surface area contributed by atoms with Crippen LogP contribution in [-0.4, -0.2) is 25.5 Å². The minimum Gasteiger partial charge on any atom is -0.487 e. The first-order chi connectivity index (χ1) is 16.9. The van der Waals surface area contributed by atoms with Gasteiger partial charge in [-0.1, -0.05) is 42.5 Å². The van der Waals surface area contributed by atoms with E-state index in [4.69, 9.17) is 9.84 Å². The van der Waals surface area contributed by atoms with E-state index in [0.717, 1.165) is 28.6 Å². The van der Waals surface area contributed by atoms with E-state index in [0.29, 0.717) is 11.1 Å². The lowest BCUT2D eigenvalue weighted by Crippen LogP contribution is -2.37. The highest BCUT2D eigenvalue weighted by Gasteiger charge is 2.35. The standard InChI is InChI=1S/C26H24F3NO5S/c1-18(2)30(36(33,34)22-6-4-3-5-7-22)23-16-21(26(27,28)29)13-14-24(23)35-17-20-10-8-19(9-11-20)12-15-25(31)32/h3-16,18H,17H2,1-2H3,(H,31,32)/b15-12+. The number of benzene rings is 3. The van der Waals surface area contributed by atoms with Crippen LogP contribution in [0.3, 0.4) is 0 Å². The number of hydrogen-bond acceptors (Lipinski definition) is 4. The first-order valence-corrected chi connectivity index (χ1v) is 12.3. The Morgan fingerprint density at radius 2 is 1.67 bits per heavy atom. The monoisotopic (exact) mass is 519 g/mol. The summed E-state index contributed by atoms with van der Waals surface area (Å²) in [5.41, 5.74) is 0.0460. The number of sulfonamides is 1. The fraction of sp³-hybridized carbons (Fsp3) is 0.192. The lowest BCUT2D eigenvalue weighted by Gasteiger charge is -2.30. The molecule has 1 N–H and O–H groups in total. The van der Waals surface area contributed by atoms with Crippen LogP contribution in [0.15, 0.2) is 83.8 Å². The predicted molar refractivity (Wildman–Crippen MR) is 130 cm³/mol. The second-order valence-corrected chi connectivity index (χ2v) is 9.90. The van der Waals surface area contributed by atoms with Crippen molar-refractivity contribution in [1.82, 2.24) is 0 Å². The Labute approximate surface area is 207 Å². The van der Waals surface area contributed by atoms with Crippen LogP contribution in [0.2, 0.25) is 0 Å². The lowest BCUT2D eigenvalue weighted by atomic mass is 10.1. The fourth-order valence-electron chi connectivity index (χ4n) is 3.43. The first-order valence-electron chi connectivity index (χ1n) is 10.8. The highest BCUT2D eigenvalue weighted by Crippen LogP contribution is 2.40. The largest absolute Gasteiger partial charge is 0.487 e. The van der Waals surface area contributed by atoms with Gasteiger partial charge in [-0.25, -0.2) is 13.2 Å². The molecule has 0 bridgehead atoms. The number of nitrogens with zero attached hydrogens (tertiary/aromatic N) is 1. The Bertz CT molecular complexity index is 1340. The molecule has 0 aliphatic heterocycles. The van der Waals surface area contributed by atoms with E-state index < -0.39 is 33.8 Å². The molecule has 0 aromatic heterocycles. The molecule has 3 aromatic rings. The molecule has 6 nitrogen and oxygen atoms in total. The van der Waals surface area contributed by atoms with E-state index in [1.807, 2.05) is 0 Å². The van der Waals surface area contributed by atoms with Gasteiger partial charge in [0.25, 0.3) is 10.0 Å². The fourth-order valence-corrected chi connectivity index (χ4v) is 5.12. The van der Waals surface area contributed by atoms with Gasteiger partial charge in [0.2, 0.25) is 0 Å². The number of halogens is 3. The summed E-state index contributed by atoms with van der Waals surface area (Å²) in [6, 6.07) is 16.1. The maximum Gasteiger partial charge on any atom is 0.416 e. The van der Waals surface area contributed by atoms with Crippen molar-refractivity contribution in [2.24, 2.45) is 0 Å². The Balaban J connectivity index is 2.00. The van der Waals surface area contributed by atoms with E-state index in [9.17, 15) is 26.4 Å². The summed E-state index contributed by atoms with van der Waals surface area (Å²) in [7, 11) is -4.21. The number of ether oxygens (including phenoxy) is 1. The number of hydrogen-bond donors (Lipinski definition) is 1. The zero-order valence-electron chi connectivity index (χ0n) is 19.4. The molecule has 0 fully saturated rings. The van der Waals surface area contributed by atoms with Crippen LogP contribution in [0.1, 0.15) is 30.5 Å². The van der Waals surface area contributed by atoms with Crippen LogP contribution < -0.4 is 9.04 Å². The molecule has 0 spiro atoms. The number of alkyl halides is 3. The van der Waals surface area contributed by atoms with Gasteiger partial charge in [-0.15, -0.1) is 0 Å². The molecule has 0 radical (unpaired) electrons. The van der Waals surface area contributed by atoms with Crippen molar-refractivity contribution in [3.8, 4) is 5.75 Å². The molecular weight excluding hydrogens is 495 g/mol. The van der Waals surface area contributed by atoms with Crippen molar-refractivity contribution in [3.63, 3.8) is 0 Å². The van der Waals surface area contributed by atoms with Crippen molar-refractivity contribution >= 4 is 27.8 Å². The zero-order chi connectivity index (χ0) is 26.5. The van der Waals surface area contributed by atoms with Gasteiger partial charge < -0.3 is 9.84 Å². The minimum atomic E-state index is -4.69. The molecule has 3 aromatic carbocycles. The van der Waals surface area contributed by atoms with Gasteiger partial charge in [-0.2, -0.15) is 13.2 Å². The average molecular weight is 520 g/mol. The molecule has 0 amide bonds. The van der Waals surface area contributed by atoms with Gasteiger partial charge >= 0.3 is 12.1 Å². The van der Waals surface area contributed by atoms with Gasteiger partial charge in [0.05, 0.1) is 16.1 Å². The van der Waals surface area contributed by atoms with Crippen molar-refractivity contribution in [3.05, 3.63) is 95.6 Å². The number of carboxylic acids is 1. The summed E-state index contributed by atoms with van der Waals surface area (Å²) in [5.74, 6) is -1.12. The van der Waals surface area contributed by atoms with Crippen LogP contribution in [0.5, 0.6) is 5.75 Å². The van der Waals surface area contributed by atoms with Crippen LogP contribution in [-0.2, 0) is 27.6 Å². The van der Waals surface area contributed by atoms with Crippen LogP contribution in [0.4, 0.5) is 18.9 Å². The second kappa shape index (κ2) is 10.9. The normalized spacial score (nSPS) is 12.2. The maximum absolute atomic E-state index is 13.5. The number of anilines is 1. The third-order valence-electron chi connectivity index (χ3n) is 5.09. The van der Waals surface area contributed by atoms with Crippen molar-refractivity contribution < 1.29 is 36.2 Å². The molecule has 190 valence electrons. The lowest BCUT2D eigenvalue weighted by molar-refractivity contribution is -0.137. The molecule has 0 aliphatic carbocycles. The molecule has 0 saturated heterocycles. The maximum atomic E-state index is 13.5. The van der Waals surface area contributed by atoms with E-state index in [-0.39, 0.29) is 22.9 Å². The second-order valence-electron chi connectivity index (χ2n) is 8.09. The summed E-state index contributed by atoms with van der Waals surface area (Å²) < 4.78 is 74.2. The summed E-state index contributed by atoms with van der Waals surface area (Å²) in [6.45, 7) is 3.07. The molecular formula is C26H24F3NO5S. The molecule has 10 heteroatoms. The van der Waals surface area contributed by atoms with Gasteiger partial charge in [-0.05, 0) is 61.4 Å². The third-order valence-corrected chi connectivity index (χ3v) is 7.09. The summed E-state index contributed by atoms with van der Waals surface area (Å²) in [4.78, 5) is 10.6. The third kappa shape index (κ3) is 6.45. The van der Waals surface area contributed by atoms with Crippen LogP contribution in [0.25, 0.3) is 6.08 Å². The molecule has 36 heavy (non-hydrogen) atoms. The molecule has 3 rings (SSSR count). The molecule has 0 atom stereocenters. The van der Waals surface area contributed by atoms with Gasteiger partial charge in [-0.3, -0.25) is 4.31 Å².